The summed E-state index contributed by atoms with van der Waals surface area (Å²) < 4.78 is 34.0. The minimum atomic E-state index is -0.685. The molecule has 1 N–H and O–H groups in total. The lowest BCUT2D eigenvalue weighted by Gasteiger charge is -2.11. The smallest absolute Gasteiger partial charge is 0.191 e. The maximum atomic E-state index is 13.9. The molecule has 0 saturated carbocycles. The van der Waals surface area contributed by atoms with Crippen molar-refractivity contribution in [1.82, 2.24) is 5.32 Å². The minimum Gasteiger partial charge on any atom is -0.483 e. The molecule has 0 aliphatic rings. The number of hydrogen-bond donors (Lipinski definition) is 1. The van der Waals surface area contributed by atoms with Crippen LogP contribution in [0, 0.1) is 11.6 Å². The van der Waals surface area contributed by atoms with E-state index in [-0.39, 0.29) is 12.4 Å². The molecule has 0 heterocycles. The largest absolute Gasteiger partial charge is 0.483 e. The van der Waals surface area contributed by atoms with Crippen LogP contribution in [0.15, 0.2) is 40.9 Å². The van der Waals surface area contributed by atoms with Gasteiger partial charge in [-0.25, -0.2) is 8.78 Å². The molecule has 2 rings (SSSR count). The highest BCUT2D eigenvalue weighted by Gasteiger charge is 2.13. The zero-order valence-corrected chi connectivity index (χ0v) is 13.2. The lowest BCUT2D eigenvalue weighted by molar-refractivity contribution is 0.273. The highest BCUT2D eigenvalue weighted by Crippen LogP contribution is 2.25. The first-order valence-corrected chi connectivity index (χ1v) is 7.46. The molecular weight excluding hydrogens is 340 g/mol. The summed E-state index contributed by atoms with van der Waals surface area (Å²) in [6.45, 7) is 3.20. The monoisotopic (exact) mass is 355 g/mol. The third-order valence-corrected chi connectivity index (χ3v) is 3.74. The molecule has 0 amide bonds. The quantitative estimate of drug-likeness (QED) is 0.828. The molecule has 0 aromatic heterocycles. The van der Waals surface area contributed by atoms with Crippen molar-refractivity contribution in [3.05, 3.63) is 63.6 Å². The maximum Gasteiger partial charge on any atom is 0.191 e. The maximum absolute atomic E-state index is 13.9. The first kappa shape index (κ1) is 15.9. The lowest BCUT2D eigenvalue weighted by Crippen LogP contribution is -2.12. The van der Waals surface area contributed by atoms with Crippen molar-refractivity contribution in [3.8, 4) is 5.75 Å². The Labute approximate surface area is 131 Å². The van der Waals surface area contributed by atoms with Gasteiger partial charge in [-0.3, -0.25) is 0 Å². The van der Waals surface area contributed by atoms with Crippen LogP contribution in [0.5, 0.6) is 5.75 Å². The predicted molar refractivity (Wildman–Crippen MR) is 82.2 cm³/mol. The first-order valence-electron chi connectivity index (χ1n) is 6.66. The minimum absolute atomic E-state index is 0.0990. The van der Waals surface area contributed by atoms with Crippen molar-refractivity contribution >= 4 is 15.9 Å². The van der Waals surface area contributed by atoms with Crippen LogP contribution in [0.1, 0.15) is 18.1 Å². The molecule has 0 aliphatic heterocycles. The van der Waals surface area contributed by atoms with Gasteiger partial charge in [0, 0.05) is 16.6 Å². The molecule has 0 bridgehead atoms. The number of ether oxygens (including phenoxy) is 1. The zero-order chi connectivity index (χ0) is 15.2. The Kier molecular flexibility index (Phi) is 5.70. The van der Waals surface area contributed by atoms with Crippen molar-refractivity contribution < 1.29 is 13.5 Å². The summed E-state index contributed by atoms with van der Waals surface area (Å²) in [6.07, 6.45) is 0. The Morgan fingerprint density at radius 2 is 1.81 bits per heavy atom. The topological polar surface area (TPSA) is 21.3 Å². The lowest BCUT2D eigenvalue weighted by atomic mass is 10.2. The van der Waals surface area contributed by atoms with E-state index in [2.05, 4.69) is 21.2 Å². The summed E-state index contributed by atoms with van der Waals surface area (Å²) >= 11 is 3.37. The highest BCUT2D eigenvalue weighted by atomic mass is 79.9. The van der Waals surface area contributed by atoms with Crippen LogP contribution in [0.3, 0.4) is 0 Å². The molecule has 0 fully saturated rings. The molecular formula is C16H16BrF2NO. The summed E-state index contributed by atoms with van der Waals surface area (Å²) in [5.41, 5.74) is 1.38. The van der Waals surface area contributed by atoms with E-state index in [0.717, 1.165) is 16.6 Å². The van der Waals surface area contributed by atoms with E-state index in [1.165, 1.54) is 12.1 Å². The second kappa shape index (κ2) is 7.52. The second-order valence-electron chi connectivity index (χ2n) is 4.55. The fraction of sp³-hybridized carbons (Fsp3) is 0.250. The molecule has 0 aliphatic carbocycles. The fourth-order valence-corrected chi connectivity index (χ4v) is 2.29. The normalized spacial score (nSPS) is 10.7. The average molecular weight is 356 g/mol. The summed E-state index contributed by atoms with van der Waals surface area (Å²) in [7, 11) is 0. The van der Waals surface area contributed by atoms with Crippen LogP contribution < -0.4 is 10.1 Å². The van der Waals surface area contributed by atoms with Gasteiger partial charge in [0.1, 0.15) is 6.61 Å². The van der Waals surface area contributed by atoms with Gasteiger partial charge in [0.25, 0.3) is 0 Å². The van der Waals surface area contributed by atoms with Crippen LogP contribution in [0.25, 0.3) is 0 Å². The van der Waals surface area contributed by atoms with E-state index in [1.54, 1.807) is 0 Å². The molecule has 112 valence electrons. The number of benzene rings is 2. The summed E-state index contributed by atoms with van der Waals surface area (Å²) in [5.74, 6) is -1.71. The van der Waals surface area contributed by atoms with Crippen molar-refractivity contribution in [3.63, 3.8) is 0 Å². The standard InChI is InChI=1S/C16H16BrF2NO/c1-2-20-9-11-7-14(18)16(15(19)8-11)21-10-12-5-3-4-6-13(12)17/h3-8,20H,2,9-10H2,1H3. The summed E-state index contributed by atoms with van der Waals surface area (Å²) in [6, 6.07) is 9.98. The number of rotatable bonds is 6. The van der Waals surface area contributed by atoms with Crippen LogP contribution in [-0.2, 0) is 13.2 Å². The van der Waals surface area contributed by atoms with Crippen LogP contribution in [0.2, 0.25) is 0 Å². The number of halogens is 3. The van der Waals surface area contributed by atoms with E-state index in [1.807, 2.05) is 31.2 Å². The molecule has 5 heteroatoms. The van der Waals surface area contributed by atoms with Crippen molar-refractivity contribution in [2.45, 2.75) is 20.1 Å². The van der Waals surface area contributed by atoms with Crippen molar-refractivity contribution in [2.24, 2.45) is 0 Å². The molecule has 0 spiro atoms. The predicted octanol–water partition coefficient (Wildman–Crippen LogP) is 4.42. The van der Waals surface area contributed by atoms with Gasteiger partial charge in [0.2, 0.25) is 0 Å². The van der Waals surface area contributed by atoms with Gasteiger partial charge in [0.05, 0.1) is 0 Å². The summed E-state index contributed by atoms with van der Waals surface area (Å²) in [5, 5.41) is 3.02. The molecule has 0 unspecified atom stereocenters. The Morgan fingerprint density at radius 1 is 1.14 bits per heavy atom. The van der Waals surface area contributed by atoms with Crippen LogP contribution in [0.4, 0.5) is 8.78 Å². The molecule has 0 atom stereocenters. The Morgan fingerprint density at radius 3 is 2.43 bits per heavy atom. The SMILES string of the molecule is CCNCc1cc(F)c(OCc2ccccc2Br)c(F)c1. The van der Waals surface area contributed by atoms with E-state index in [0.29, 0.717) is 12.1 Å². The van der Waals surface area contributed by atoms with Crippen molar-refractivity contribution in [1.29, 1.82) is 0 Å². The van der Waals surface area contributed by atoms with Gasteiger partial charge in [-0.15, -0.1) is 0 Å². The van der Waals surface area contributed by atoms with E-state index in [4.69, 9.17) is 4.74 Å². The zero-order valence-electron chi connectivity index (χ0n) is 11.6. The van der Waals surface area contributed by atoms with Gasteiger partial charge >= 0.3 is 0 Å². The van der Waals surface area contributed by atoms with E-state index >= 15 is 0 Å². The molecule has 0 saturated heterocycles. The second-order valence-corrected chi connectivity index (χ2v) is 5.40. The average Bonchev–Trinajstić information content (AvgIpc) is 2.46. The van der Waals surface area contributed by atoms with Crippen LogP contribution in [-0.4, -0.2) is 6.54 Å². The van der Waals surface area contributed by atoms with Gasteiger partial charge < -0.3 is 10.1 Å². The Hall–Kier alpha value is -1.46. The Balaban J connectivity index is 2.12. The fourth-order valence-electron chi connectivity index (χ4n) is 1.89. The van der Waals surface area contributed by atoms with Gasteiger partial charge in [-0.1, -0.05) is 41.1 Å². The molecule has 0 radical (unpaired) electrons. The van der Waals surface area contributed by atoms with Crippen LogP contribution >= 0.6 is 15.9 Å². The highest BCUT2D eigenvalue weighted by molar-refractivity contribution is 9.10. The Bertz CT molecular complexity index is 596. The first-order chi connectivity index (χ1) is 10.1. The summed E-state index contributed by atoms with van der Waals surface area (Å²) in [4.78, 5) is 0. The molecule has 21 heavy (non-hydrogen) atoms. The molecule has 2 aromatic carbocycles. The third-order valence-electron chi connectivity index (χ3n) is 2.97. The molecule has 2 nitrogen and oxygen atoms in total. The third kappa shape index (κ3) is 4.25. The van der Waals surface area contributed by atoms with Gasteiger partial charge in [-0.2, -0.15) is 0 Å². The molecule has 2 aromatic rings. The van der Waals surface area contributed by atoms with E-state index < -0.39 is 11.6 Å². The number of hydrogen-bond acceptors (Lipinski definition) is 2. The van der Waals surface area contributed by atoms with Gasteiger partial charge in [-0.05, 0) is 30.3 Å². The van der Waals surface area contributed by atoms with Crippen molar-refractivity contribution in [2.75, 3.05) is 6.54 Å². The van der Waals surface area contributed by atoms with E-state index in [9.17, 15) is 8.78 Å². The number of nitrogens with one attached hydrogen (secondary N) is 1. The van der Waals surface area contributed by atoms with Gasteiger partial charge in [0.15, 0.2) is 17.4 Å².